The Morgan fingerprint density at radius 3 is 2.68 bits per heavy atom. The molecule has 0 spiro atoms. The Hall–Kier alpha value is -4.03. The van der Waals surface area contributed by atoms with E-state index in [1.165, 1.54) is 33.0 Å². The van der Waals surface area contributed by atoms with E-state index in [1.54, 1.807) is 0 Å². The Morgan fingerprint density at radius 2 is 1.73 bits per heavy atom. The topological polar surface area (TPSA) is 49.5 Å². The van der Waals surface area contributed by atoms with Gasteiger partial charge in [0.1, 0.15) is 0 Å². The largest absolute Gasteiger partial charge is 0.454 e. The molecule has 0 fully saturated rings. The molecule has 2 aliphatic rings. The number of nitrogens with one attached hydrogen (secondary N) is 2. The average molecular weight is 506 g/mol. The van der Waals surface area contributed by atoms with Crippen LogP contribution >= 0.6 is 12.2 Å². The van der Waals surface area contributed by atoms with E-state index in [9.17, 15) is 0 Å². The van der Waals surface area contributed by atoms with E-state index in [0.717, 1.165) is 53.6 Å². The molecule has 6 heteroatoms. The van der Waals surface area contributed by atoms with Crippen molar-refractivity contribution in [1.29, 1.82) is 0 Å². The van der Waals surface area contributed by atoms with Gasteiger partial charge in [0.25, 0.3) is 0 Å². The van der Waals surface area contributed by atoms with Gasteiger partial charge in [0.15, 0.2) is 16.6 Å². The number of hydrogen-bond donors (Lipinski definition) is 2. The van der Waals surface area contributed by atoms with Crippen LogP contribution in [0.15, 0.2) is 84.9 Å². The minimum Gasteiger partial charge on any atom is -0.454 e. The highest BCUT2D eigenvalue weighted by atomic mass is 32.1. The van der Waals surface area contributed by atoms with Crippen LogP contribution in [0.3, 0.4) is 0 Å². The zero-order chi connectivity index (χ0) is 24.8. The number of aromatic nitrogens is 1. The molecule has 5 nitrogen and oxygen atoms in total. The molecule has 0 amide bonds. The fourth-order valence-electron chi connectivity index (χ4n) is 5.81. The van der Waals surface area contributed by atoms with Gasteiger partial charge in [-0.15, -0.1) is 0 Å². The SMILES string of the molecule is S=C(NCCc1cccc2ccccc12)N1CCc2c([nH]c3ccccc23)[C@H]1c1ccc2c(c1)OCO2. The normalized spacial score (nSPS) is 16.2. The number of nitrogens with zero attached hydrogens (tertiary/aromatic N) is 1. The van der Waals surface area contributed by atoms with Crippen molar-refractivity contribution in [1.82, 2.24) is 15.2 Å². The third-order valence-electron chi connectivity index (χ3n) is 7.56. The van der Waals surface area contributed by atoms with Gasteiger partial charge in [-0.05, 0) is 70.7 Å². The summed E-state index contributed by atoms with van der Waals surface area (Å²) >= 11 is 6.02. The number of fused-ring (bicyclic) bond motifs is 5. The maximum atomic E-state index is 6.02. The van der Waals surface area contributed by atoms with E-state index in [2.05, 4.69) is 94.1 Å². The molecular formula is C31H27N3O2S. The predicted molar refractivity (Wildman–Crippen MR) is 151 cm³/mol. The highest BCUT2D eigenvalue weighted by molar-refractivity contribution is 7.80. The Kier molecular flexibility index (Phi) is 5.47. The van der Waals surface area contributed by atoms with Crippen LogP contribution in [0.4, 0.5) is 0 Å². The number of ether oxygens (including phenoxy) is 2. The second-order valence-electron chi connectivity index (χ2n) is 9.64. The first-order valence-corrected chi connectivity index (χ1v) is 13.2. The zero-order valence-electron chi connectivity index (χ0n) is 20.4. The summed E-state index contributed by atoms with van der Waals surface area (Å²) in [7, 11) is 0. The Balaban J connectivity index is 1.19. The van der Waals surface area contributed by atoms with E-state index >= 15 is 0 Å². The molecule has 184 valence electrons. The zero-order valence-corrected chi connectivity index (χ0v) is 21.2. The Labute approximate surface area is 221 Å². The van der Waals surface area contributed by atoms with Gasteiger partial charge in [0, 0.05) is 29.7 Å². The van der Waals surface area contributed by atoms with E-state index < -0.39 is 0 Å². The van der Waals surface area contributed by atoms with E-state index in [4.69, 9.17) is 21.7 Å². The molecule has 1 atom stereocenters. The van der Waals surface area contributed by atoms with Gasteiger partial charge in [-0.2, -0.15) is 0 Å². The molecule has 3 heterocycles. The second kappa shape index (κ2) is 9.12. The van der Waals surface area contributed by atoms with Crippen molar-refractivity contribution in [2.24, 2.45) is 0 Å². The Bertz CT molecular complexity index is 1640. The van der Waals surface area contributed by atoms with Crippen LogP contribution in [0.2, 0.25) is 0 Å². The van der Waals surface area contributed by atoms with E-state index in [-0.39, 0.29) is 12.8 Å². The highest BCUT2D eigenvalue weighted by Crippen LogP contribution is 2.42. The van der Waals surface area contributed by atoms with Crippen LogP contribution in [0.5, 0.6) is 11.5 Å². The van der Waals surface area contributed by atoms with Crippen molar-refractivity contribution in [2.75, 3.05) is 19.9 Å². The van der Waals surface area contributed by atoms with Gasteiger partial charge in [0.05, 0.1) is 6.04 Å². The van der Waals surface area contributed by atoms with E-state index in [0.29, 0.717) is 0 Å². The fraction of sp³-hybridized carbons (Fsp3) is 0.194. The molecule has 4 aromatic carbocycles. The number of rotatable bonds is 4. The summed E-state index contributed by atoms with van der Waals surface area (Å²) < 4.78 is 11.3. The molecule has 0 radical (unpaired) electrons. The molecule has 0 unspecified atom stereocenters. The standard InChI is InChI=1S/C31H27N3O2S/c37-31(32-16-14-21-8-5-7-20-6-1-2-9-23(20)21)34-17-15-25-24-10-3-4-11-26(24)33-29(25)30(34)22-12-13-27-28(18-22)36-19-35-27/h1-13,18,30,33H,14-17,19H2,(H,32,37)/t30-/m1/s1. The van der Waals surface area contributed by atoms with E-state index in [1.807, 2.05) is 6.07 Å². The first-order valence-electron chi connectivity index (χ1n) is 12.8. The molecule has 37 heavy (non-hydrogen) atoms. The summed E-state index contributed by atoms with van der Waals surface area (Å²) in [5.41, 5.74) is 6.19. The number of H-pyrrole nitrogens is 1. The van der Waals surface area contributed by atoms with Gasteiger partial charge < -0.3 is 24.7 Å². The molecule has 5 aromatic rings. The molecule has 0 saturated heterocycles. The lowest BCUT2D eigenvalue weighted by Gasteiger charge is -2.38. The van der Waals surface area contributed by atoms with Crippen molar-refractivity contribution in [3.8, 4) is 11.5 Å². The molecule has 1 aromatic heterocycles. The molecule has 0 bridgehead atoms. The minimum atomic E-state index is -0.0387. The van der Waals surface area contributed by atoms with Gasteiger partial charge in [0.2, 0.25) is 6.79 Å². The van der Waals surface area contributed by atoms with Crippen LogP contribution in [-0.2, 0) is 12.8 Å². The third kappa shape index (κ3) is 3.89. The molecule has 7 rings (SSSR count). The van der Waals surface area contributed by atoms with Gasteiger partial charge in [-0.3, -0.25) is 0 Å². The monoisotopic (exact) mass is 505 g/mol. The number of para-hydroxylation sites is 1. The van der Waals surface area contributed by atoms with Crippen LogP contribution in [0.25, 0.3) is 21.7 Å². The maximum absolute atomic E-state index is 6.02. The highest BCUT2D eigenvalue weighted by Gasteiger charge is 2.34. The number of aromatic amines is 1. The van der Waals surface area contributed by atoms with Crippen molar-refractivity contribution in [2.45, 2.75) is 18.9 Å². The van der Waals surface area contributed by atoms with Gasteiger partial charge in [-0.1, -0.05) is 66.7 Å². The average Bonchev–Trinajstić information content (AvgIpc) is 3.56. The smallest absolute Gasteiger partial charge is 0.231 e. The van der Waals surface area contributed by atoms with Gasteiger partial charge in [-0.25, -0.2) is 0 Å². The van der Waals surface area contributed by atoms with Crippen molar-refractivity contribution in [3.05, 3.63) is 107 Å². The van der Waals surface area contributed by atoms with Crippen LogP contribution < -0.4 is 14.8 Å². The van der Waals surface area contributed by atoms with Crippen LogP contribution in [-0.4, -0.2) is 34.9 Å². The summed E-state index contributed by atoms with van der Waals surface area (Å²) in [5, 5.41) is 8.20. The lowest BCUT2D eigenvalue weighted by Crippen LogP contribution is -2.46. The first-order chi connectivity index (χ1) is 18.3. The quantitative estimate of drug-likeness (QED) is 0.289. The summed E-state index contributed by atoms with van der Waals surface area (Å²) in [4.78, 5) is 6.03. The molecule has 0 saturated carbocycles. The fourth-order valence-corrected chi connectivity index (χ4v) is 6.10. The summed E-state index contributed by atoms with van der Waals surface area (Å²) in [6.45, 7) is 1.88. The minimum absolute atomic E-state index is 0.0387. The van der Waals surface area contributed by atoms with Crippen molar-refractivity contribution >= 4 is 39.0 Å². The molecular weight excluding hydrogens is 478 g/mol. The summed E-state index contributed by atoms with van der Waals surface area (Å²) in [5.74, 6) is 1.58. The molecule has 0 aliphatic carbocycles. The van der Waals surface area contributed by atoms with Crippen molar-refractivity contribution in [3.63, 3.8) is 0 Å². The third-order valence-corrected chi connectivity index (χ3v) is 7.94. The van der Waals surface area contributed by atoms with Crippen LogP contribution in [0.1, 0.15) is 28.4 Å². The second-order valence-corrected chi connectivity index (χ2v) is 10.0. The van der Waals surface area contributed by atoms with Gasteiger partial charge >= 0.3 is 0 Å². The summed E-state index contributed by atoms with van der Waals surface area (Å²) in [6.07, 6.45) is 1.84. The summed E-state index contributed by atoms with van der Waals surface area (Å²) in [6, 6.07) is 29.8. The van der Waals surface area contributed by atoms with Crippen molar-refractivity contribution < 1.29 is 9.47 Å². The number of hydrogen-bond acceptors (Lipinski definition) is 3. The van der Waals surface area contributed by atoms with Crippen LogP contribution in [0, 0.1) is 0 Å². The number of thiocarbonyl (C=S) groups is 1. The Morgan fingerprint density at radius 1 is 0.919 bits per heavy atom. The first kappa shape index (κ1) is 22.2. The molecule has 2 N–H and O–H groups in total. The maximum Gasteiger partial charge on any atom is 0.231 e. The lowest BCUT2D eigenvalue weighted by atomic mass is 9.92. The lowest BCUT2D eigenvalue weighted by molar-refractivity contribution is 0.174. The number of benzene rings is 4. The molecule has 2 aliphatic heterocycles. The predicted octanol–water partition coefficient (Wildman–Crippen LogP) is 6.11.